The SMILES string of the molecule is C=CCN=NCC(=C)C(C)C. The molecule has 11 heavy (non-hydrogen) atoms. The number of azo groups is 1. The molecule has 0 aliphatic carbocycles. The summed E-state index contributed by atoms with van der Waals surface area (Å²) in [6, 6.07) is 0. The second-order valence-corrected chi connectivity index (χ2v) is 2.73. The third-order valence-electron chi connectivity index (χ3n) is 1.40. The number of hydrogen-bond acceptors (Lipinski definition) is 2. The molecule has 0 heterocycles. The van der Waals surface area contributed by atoms with E-state index in [2.05, 4.69) is 37.2 Å². The zero-order valence-corrected chi connectivity index (χ0v) is 7.38. The van der Waals surface area contributed by atoms with Crippen LogP contribution in [0.1, 0.15) is 13.8 Å². The van der Waals surface area contributed by atoms with Gasteiger partial charge in [0.1, 0.15) is 0 Å². The lowest BCUT2D eigenvalue weighted by Gasteiger charge is -2.03. The Labute approximate surface area is 68.7 Å². The smallest absolute Gasteiger partial charge is 0.0809 e. The molecule has 0 aliphatic heterocycles. The van der Waals surface area contributed by atoms with E-state index in [-0.39, 0.29) is 0 Å². The molecule has 62 valence electrons. The second kappa shape index (κ2) is 5.83. The zero-order chi connectivity index (χ0) is 8.69. The minimum absolute atomic E-state index is 0.498. The summed E-state index contributed by atoms with van der Waals surface area (Å²) in [6.07, 6.45) is 1.72. The first kappa shape index (κ1) is 10.1. The topological polar surface area (TPSA) is 24.7 Å². The van der Waals surface area contributed by atoms with E-state index >= 15 is 0 Å². The van der Waals surface area contributed by atoms with Gasteiger partial charge in [0, 0.05) is 0 Å². The summed E-state index contributed by atoms with van der Waals surface area (Å²) in [5.41, 5.74) is 1.12. The first-order chi connectivity index (χ1) is 5.18. The molecule has 0 aromatic rings. The summed E-state index contributed by atoms with van der Waals surface area (Å²) in [4.78, 5) is 0. The highest BCUT2D eigenvalue weighted by Gasteiger charge is 1.96. The van der Waals surface area contributed by atoms with Crippen molar-refractivity contribution in [1.82, 2.24) is 0 Å². The lowest BCUT2D eigenvalue weighted by molar-refractivity contribution is 0.737. The predicted octanol–water partition coefficient (Wildman–Crippen LogP) is 2.84. The van der Waals surface area contributed by atoms with Crippen molar-refractivity contribution < 1.29 is 0 Å². The molecule has 0 saturated carbocycles. The van der Waals surface area contributed by atoms with Crippen molar-refractivity contribution in [2.24, 2.45) is 16.1 Å². The number of nitrogens with zero attached hydrogens (tertiary/aromatic N) is 2. The van der Waals surface area contributed by atoms with Gasteiger partial charge in [0.2, 0.25) is 0 Å². The van der Waals surface area contributed by atoms with Crippen molar-refractivity contribution in [3.63, 3.8) is 0 Å². The van der Waals surface area contributed by atoms with Gasteiger partial charge in [-0.2, -0.15) is 10.2 Å². The van der Waals surface area contributed by atoms with E-state index in [1.54, 1.807) is 6.08 Å². The van der Waals surface area contributed by atoms with Gasteiger partial charge in [-0.15, -0.1) is 6.58 Å². The summed E-state index contributed by atoms with van der Waals surface area (Å²) in [7, 11) is 0. The molecule has 0 rings (SSSR count). The normalized spacial score (nSPS) is 10.8. The molecule has 0 N–H and O–H groups in total. The van der Waals surface area contributed by atoms with Gasteiger partial charge in [-0.1, -0.05) is 32.1 Å². The molecule has 2 nitrogen and oxygen atoms in total. The maximum absolute atomic E-state index is 3.94. The molecule has 0 spiro atoms. The minimum atomic E-state index is 0.498. The maximum Gasteiger partial charge on any atom is 0.0809 e. The van der Waals surface area contributed by atoms with Gasteiger partial charge in [0.15, 0.2) is 0 Å². The molecular weight excluding hydrogens is 136 g/mol. The summed E-state index contributed by atoms with van der Waals surface area (Å²) in [6.45, 7) is 12.9. The molecule has 0 bridgehead atoms. The van der Waals surface area contributed by atoms with Crippen LogP contribution >= 0.6 is 0 Å². The minimum Gasteiger partial charge on any atom is -0.190 e. The molecule has 0 amide bonds. The Balaban J connectivity index is 3.53. The molecule has 0 aliphatic rings. The highest BCUT2D eigenvalue weighted by atomic mass is 15.1. The van der Waals surface area contributed by atoms with E-state index in [0.29, 0.717) is 19.0 Å². The Morgan fingerprint density at radius 3 is 2.55 bits per heavy atom. The fourth-order valence-corrected chi connectivity index (χ4v) is 0.439. The van der Waals surface area contributed by atoms with Crippen LogP contribution in [0.5, 0.6) is 0 Å². The molecule has 0 saturated heterocycles. The van der Waals surface area contributed by atoms with Crippen LogP contribution in [-0.2, 0) is 0 Å². The van der Waals surface area contributed by atoms with E-state index in [1.807, 2.05) is 0 Å². The van der Waals surface area contributed by atoms with Crippen molar-refractivity contribution in [1.29, 1.82) is 0 Å². The Hall–Kier alpha value is -0.920. The highest BCUT2D eigenvalue weighted by molar-refractivity contribution is 4.99. The Morgan fingerprint density at radius 2 is 2.09 bits per heavy atom. The van der Waals surface area contributed by atoms with Crippen LogP contribution in [0.4, 0.5) is 0 Å². The van der Waals surface area contributed by atoms with Crippen LogP contribution in [0.25, 0.3) is 0 Å². The third-order valence-corrected chi connectivity index (χ3v) is 1.40. The quantitative estimate of drug-likeness (QED) is 0.427. The third kappa shape index (κ3) is 5.52. The highest BCUT2D eigenvalue weighted by Crippen LogP contribution is 2.06. The lowest BCUT2D eigenvalue weighted by atomic mass is 10.1. The van der Waals surface area contributed by atoms with Gasteiger partial charge >= 0.3 is 0 Å². The molecular formula is C9H16N2. The lowest BCUT2D eigenvalue weighted by Crippen LogP contribution is -1.95. The van der Waals surface area contributed by atoms with Crippen LogP contribution < -0.4 is 0 Å². The van der Waals surface area contributed by atoms with E-state index < -0.39 is 0 Å². The molecule has 0 atom stereocenters. The van der Waals surface area contributed by atoms with Crippen LogP contribution in [0.15, 0.2) is 35.0 Å². The second-order valence-electron chi connectivity index (χ2n) is 2.73. The monoisotopic (exact) mass is 152 g/mol. The Morgan fingerprint density at radius 1 is 1.45 bits per heavy atom. The van der Waals surface area contributed by atoms with Gasteiger partial charge in [-0.3, -0.25) is 0 Å². The fraction of sp³-hybridized carbons (Fsp3) is 0.556. The zero-order valence-electron chi connectivity index (χ0n) is 7.38. The van der Waals surface area contributed by atoms with Crippen molar-refractivity contribution in [2.45, 2.75) is 13.8 Å². The molecule has 0 aromatic heterocycles. The fourth-order valence-electron chi connectivity index (χ4n) is 0.439. The average Bonchev–Trinajstić information content (AvgIpc) is 1.97. The van der Waals surface area contributed by atoms with Crippen LogP contribution in [-0.4, -0.2) is 13.1 Å². The molecule has 2 heteroatoms. The standard InChI is InChI=1S/C9H16N2/c1-5-6-10-11-7-9(4)8(2)3/h5,8H,1,4,6-7H2,2-3H3. The van der Waals surface area contributed by atoms with E-state index in [0.717, 1.165) is 5.57 Å². The maximum atomic E-state index is 3.94. The first-order valence-electron chi connectivity index (χ1n) is 3.80. The van der Waals surface area contributed by atoms with Crippen LogP contribution in [0.3, 0.4) is 0 Å². The Bertz CT molecular complexity index is 157. The molecule has 0 radical (unpaired) electrons. The first-order valence-corrected chi connectivity index (χ1v) is 3.80. The largest absolute Gasteiger partial charge is 0.190 e. The molecule has 0 fully saturated rings. The summed E-state index contributed by atoms with van der Waals surface area (Å²) in [5.74, 6) is 0.498. The van der Waals surface area contributed by atoms with E-state index in [4.69, 9.17) is 0 Å². The summed E-state index contributed by atoms with van der Waals surface area (Å²) < 4.78 is 0. The van der Waals surface area contributed by atoms with E-state index in [1.165, 1.54) is 0 Å². The average molecular weight is 152 g/mol. The van der Waals surface area contributed by atoms with Crippen molar-refractivity contribution >= 4 is 0 Å². The van der Waals surface area contributed by atoms with Crippen molar-refractivity contribution in [3.05, 3.63) is 24.8 Å². The van der Waals surface area contributed by atoms with Crippen LogP contribution in [0, 0.1) is 5.92 Å². The van der Waals surface area contributed by atoms with Gasteiger partial charge in [0.25, 0.3) is 0 Å². The van der Waals surface area contributed by atoms with Gasteiger partial charge in [0.05, 0.1) is 13.1 Å². The van der Waals surface area contributed by atoms with Gasteiger partial charge < -0.3 is 0 Å². The summed E-state index contributed by atoms with van der Waals surface area (Å²) >= 11 is 0. The number of rotatable bonds is 5. The molecule has 0 unspecified atom stereocenters. The van der Waals surface area contributed by atoms with E-state index in [9.17, 15) is 0 Å². The number of hydrogen-bond donors (Lipinski definition) is 0. The van der Waals surface area contributed by atoms with Crippen LogP contribution in [0.2, 0.25) is 0 Å². The Kier molecular flexibility index (Phi) is 5.35. The van der Waals surface area contributed by atoms with Crippen molar-refractivity contribution in [3.8, 4) is 0 Å². The summed E-state index contributed by atoms with van der Waals surface area (Å²) in [5, 5.41) is 7.79. The van der Waals surface area contributed by atoms with Crippen molar-refractivity contribution in [2.75, 3.05) is 13.1 Å². The predicted molar refractivity (Wildman–Crippen MR) is 48.8 cm³/mol. The molecule has 0 aromatic carbocycles. The van der Waals surface area contributed by atoms with Gasteiger partial charge in [-0.25, -0.2) is 0 Å². The van der Waals surface area contributed by atoms with Gasteiger partial charge in [-0.05, 0) is 5.92 Å².